The Balaban J connectivity index is 1.71. The summed E-state index contributed by atoms with van der Waals surface area (Å²) in [5.74, 6) is 3.75. The average molecular weight is 195 g/mol. The molecule has 14 heavy (non-hydrogen) atoms. The minimum atomic E-state index is 0.820. The first-order valence-corrected chi connectivity index (χ1v) is 6.40. The summed E-state index contributed by atoms with van der Waals surface area (Å²) in [6.07, 6.45) is 6.00. The van der Waals surface area contributed by atoms with Crippen LogP contribution in [-0.4, -0.2) is 12.6 Å². The lowest BCUT2D eigenvalue weighted by Gasteiger charge is -2.26. The fraction of sp³-hybridized carbons (Fsp3) is 1.00. The minimum Gasteiger partial charge on any atom is -0.313 e. The van der Waals surface area contributed by atoms with E-state index in [0.717, 1.165) is 29.7 Å². The van der Waals surface area contributed by atoms with E-state index >= 15 is 0 Å². The molecule has 0 aromatic carbocycles. The zero-order chi connectivity index (χ0) is 10.1. The van der Waals surface area contributed by atoms with Crippen molar-refractivity contribution in [3.63, 3.8) is 0 Å². The van der Waals surface area contributed by atoms with Crippen LogP contribution in [-0.2, 0) is 0 Å². The molecule has 1 heteroatoms. The highest BCUT2D eigenvalue weighted by atomic mass is 14.9. The molecule has 0 radical (unpaired) electrons. The molecule has 4 atom stereocenters. The van der Waals surface area contributed by atoms with E-state index in [1.54, 1.807) is 0 Å². The van der Waals surface area contributed by atoms with Gasteiger partial charge in [0.05, 0.1) is 0 Å². The fourth-order valence-electron chi connectivity index (χ4n) is 3.07. The standard InChI is InChI=1S/C13H25N/c1-9(2)10(3)8-14-13-7-11-4-5-12(13)6-11/h9-14H,4-8H2,1-3H3. The molecule has 4 unspecified atom stereocenters. The highest BCUT2D eigenvalue weighted by molar-refractivity contribution is 4.94. The Kier molecular flexibility index (Phi) is 3.16. The van der Waals surface area contributed by atoms with Crippen molar-refractivity contribution in [2.24, 2.45) is 23.7 Å². The maximum absolute atomic E-state index is 3.79. The Bertz CT molecular complexity index is 188. The highest BCUT2D eigenvalue weighted by Gasteiger charge is 2.39. The van der Waals surface area contributed by atoms with E-state index in [-0.39, 0.29) is 0 Å². The second-order valence-corrected chi connectivity index (χ2v) is 5.91. The first kappa shape index (κ1) is 10.5. The van der Waals surface area contributed by atoms with Gasteiger partial charge < -0.3 is 5.32 Å². The smallest absolute Gasteiger partial charge is 0.00981 e. The lowest BCUT2D eigenvalue weighted by Crippen LogP contribution is -2.37. The van der Waals surface area contributed by atoms with E-state index in [0.29, 0.717) is 0 Å². The van der Waals surface area contributed by atoms with Gasteiger partial charge in [0.1, 0.15) is 0 Å². The van der Waals surface area contributed by atoms with Gasteiger partial charge in [-0.25, -0.2) is 0 Å². The minimum absolute atomic E-state index is 0.820. The number of fused-ring (bicyclic) bond motifs is 2. The van der Waals surface area contributed by atoms with Crippen LogP contribution in [0.3, 0.4) is 0 Å². The Hall–Kier alpha value is -0.0400. The summed E-state index contributed by atoms with van der Waals surface area (Å²) >= 11 is 0. The van der Waals surface area contributed by atoms with Gasteiger partial charge in [-0.1, -0.05) is 27.2 Å². The van der Waals surface area contributed by atoms with Gasteiger partial charge in [-0.05, 0) is 49.5 Å². The molecule has 0 saturated heterocycles. The summed E-state index contributed by atoms with van der Waals surface area (Å²) in [4.78, 5) is 0. The summed E-state index contributed by atoms with van der Waals surface area (Å²) in [6, 6.07) is 0.870. The zero-order valence-electron chi connectivity index (χ0n) is 9.92. The third kappa shape index (κ3) is 2.13. The van der Waals surface area contributed by atoms with Crippen molar-refractivity contribution >= 4 is 0 Å². The van der Waals surface area contributed by atoms with Crippen LogP contribution in [0.2, 0.25) is 0 Å². The van der Waals surface area contributed by atoms with Crippen LogP contribution in [0.4, 0.5) is 0 Å². The van der Waals surface area contributed by atoms with E-state index in [9.17, 15) is 0 Å². The van der Waals surface area contributed by atoms with Crippen LogP contribution in [0.5, 0.6) is 0 Å². The van der Waals surface area contributed by atoms with Crippen molar-refractivity contribution in [3.05, 3.63) is 0 Å². The average Bonchev–Trinajstić information content (AvgIpc) is 2.74. The maximum Gasteiger partial charge on any atom is 0.00981 e. The van der Waals surface area contributed by atoms with Crippen LogP contribution in [0.25, 0.3) is 0 Å². The summed E-state index contributed by atoms with van der Waals surface area (Å²) in [6.45, 7) is 8.25. The number of hydrogen-bond acceptors (Lipinski definition) is 1. The van der Waals surface area contributed by atoms with Gasteiger partial charge in [-0.15, -0.1) is 0 Å². The van der Waals surface area contributed by atoms with Gasteiger partial charge in [0.25, 0.3) is 0 Å². The topological polar surface area (TPSA) is 12.0 Å². The quantitative estimate of drug-likeness (QED) is 0.727. The predicted octanol–water partition coefficient (Wildman–Crippen LogP) is 3.06. The summed E-state index contributed by atoms with van der Waals surface area (Å²) in [5, 5.41) is 3.79. The fourth-order valence-corrected chi connectivity index (χ4v) is 3.07. The third-order valence-electron chi connectivity index (χ3n) is 4.58. The van der Waals surface area contributed by atoms with Crippen molar-refractivity contribution in [1.82, 2.24) is 5.32 Å². The summed E-state index contributed by atoms with van der Waals surface area (Å²) in [5.41, 5.74) is 0. The SMILES string of the molecule is CC(C)C(C)CNC1CC2CCC1C2. The van der Waals surface area contributed by atoms with Gasteiger partial charge in [-0.3, -0.25) is 0 Å². The van der Waals surface area contributed by atoms with Crippen LogP contribution in [0, 0.1) is 23.7 Å². The van der Waals surface area contributed by atoms with E-state index < -0.39 is 0 Å². The molecule has 2 rings (SSSR count). The van der Waals surface area contributed by atoms with E-state index in [1.807, 2.05) is 0 Å². The van der Waals surface area contributed by atoms with Gasteiger partial charge in [0, 0.05) is 6.04 Å². The van der Waals surface area contributed by atoms with E-state index in [4.69, 9.17) is 0 Å². The first-order chi connectivity index (χ1) is 6.66. The molecule has 2 fully saturated rings. The summed E-state index contributed by atoms with van der Waals surface area (Å²) in [7, 11) is 0. The number of nitrogens with one attached hydrogen (secondary N) is 1. The molecule has 0 amide bonds. The van der Waals surface area contributed by atoms with Crippen molar-refractivity contribution in [2.45, 2.75) is 52.5 Å². The maximum atomic E-state index is 3.79. The van der Waals surface area contributed by atoms with Gasteiger partial charge in [-0.2, -0.15) is 0 Å². The predicted molar refractivity (Wildman–Crippen MR) is 61.2 cm³/mol. The number of hydrogen-bond donors (Lipinski definition) is 1. The van der Waals surface area contributed by atoms with E-state index in [1.165, 1.54) is 32.2 Å². The van der Waals surface area contributed by atoms with Gasteiger partial charge in [0.2, 0.25) is 0 Å². The Morgan fingerprint density at radius 1 is 1.14 bits per heavy atom. The van der Waals surface area contributed by atoms with Crippen LogP contribution in [0.1, 0.15) is 46.5 Å². The molecule has 2 bridgehead atoms. The molecular formula is C13H25N. The molecule has 82 valence electrons. The molecule has 2 aliphatic carbocycles. The normalized spacial score (nSPS) is 38.1. The molecule has 0 aromatic rings. The molecule has 0 aliphatic heterocycles. The first-order valence-electron chi connectivity index (χ1n) is 6.40. The van der Waals surface area contributed by atoms with E-state index in [2.05, 4.69) is 26.1 Å². The number of rotatable bonds is 4. The van der Waals surface area contributed by atoms with Gasteiger partial charge >= 0.3 is 0 Å². The van der Waals surface area contributed by atoms with Crippen LogP contribution < -0.4 is 5.32 Å². The Morgan fingerprint density at radius 3 is 2.43 bits per heavy atom. The zero-order valence-corrected chi connectivity index (χ0v) is 9.92. The molecule has 1 nitrogen and oxygen atoms in total. The van der Waals surface area contributed by atoms with Crippen molar-refractivity contribution in [3.8, 4) is 0 Å². The molecule has 2 saturated carbocycles. The van der Waals surface area contributed by atoms with Crippen molar-refractivity contribution in [2.75, 3.05) is 6.54 Å². The van der Waals surface area contributed by atoms with Gasteiger partial charge in [0.15, 0.2) is 0 Å². The molecular weight excluding hydrogens is 170 g/mol. The second-order valence-electron chi connectivity index (χ2n) is 5.91. The largest absolute Gasteiger partial charge is 0.313 e. The van der Waals surface area contributed by atoms with Crippen LogP contribution >= 0.6 is 0 Å². The lowest BCUT2D eigenvalue weighted by atomic mass is 9.93. The Morgan fingerprint density at radius 2 is 1.93 bits per heavy atom. The monoisotopic (exact) mass is 195 g/mol. The lowest BCUT2D eigenvalue weighted by molar-refractivity contribution is 0.308. The highest BCUT2D eigenvalue weighted by Crippen LogP contribution is 2.44. The van der Waals surface area contributed by atoms with Crippen molar-refractivity contribution < 1.29 is 0 Å². The van der Waals surface area contributed by atoms with Crippen LogP contribution in [0.15, 0.2) is 0 Å². The second kappa shape index (κ2) is 4.22. The third-order valence-corrected chi connectivity index (χ3v) is 4.58. The summed E-state index contributed by atoms with van der Waals surface area (Å²) < 4.78 is 0. The molecule has 2 aliphatic rings. The molecule has 0 aromatic heterocycles. The molecule has 1 N–H and O–H groups in total. The molecule has 0 heterocycles. The Labute approximate surface area is 88.7 Å². The van der Waals surface area contributed by atoms with Crippen molar-refractivity contribution in [1.29, 1.82) is 0 Å². The molecule has 0 spiro atoms.